The maximum atomic E-state index is 13.8. The van der Waals surface area contributed by atoms with E-state index >= 15 is 0 Å². The molecule has 150 heavy (non-hydrogen) atoms. The number of nitrogens with two attached hydrogens (primary N) is 2. The van der Waals surface area contributed by atoms with Crippen molar-refractivity contribution in [2.45, 2.75) is 171 Å². The van der Waals surface area contributed by atoms with Crippen LogP contribution in [0.2, 0.25) is 10.0 Å². The monoisotopic (exact) mass is 2090 g/mol. The number of hydrogen-bond donors (Lipinski definition) is 14. The Morgan fingerprint density at radius 1 is 0.480 bits per heavy atom. The molecule has 5 aliphatic heterocycles. The molecule has 9 aromatic carbocycles. The number of rotatable bonds is 41. The number of fused-ring (bicyclic) bond motifs is 4. The zero-order chi connectivity index (χ0) is 106. The number of H-pyrrole nitrogens is 1. The van der Waals surface area contributed by atoms with Gasteiger partial charge in [-0.2, -0.15) is 13.2 Å². The molecule has 0 radical (unpaired) electrons. The number of aromatic amines is 1. The van der Waals surface area contributed by atoms with Gasteiger partial charge in [-0.05, 0) is 254 Å². The number of carbonyl (C=O) groups excluding carboxylic acids is 4. The number of unbranched alkanes of at least 4 members (excludes halogenated alkanes) is 3. The molecule has 8 heterocycles. The van der Waals surface area contributed by atoms with Crippen LogP contribution >= 0.6 is 23.2 Å². The molecular formula is C114H127Cl2F3N14O17. The number of piperidine rings is 3. The lowest BCUT2D eigenvalue weighted by Crippen LogP contribution is -2.46. The van der Waals surface area contributed by atoms with Crippen molar-refractivity contribution in [2.75, 3.05) is 71.9 Å². The van der Waals surface area contributed by atoms with Gasteiger partial charge in [0.2, 0.25) is 0 Å². The van der Waals surface area contributed by atoms with Crippen LogP contribution in [-0.2, 0) is 72.4 Å². The molecule has 790 valence electrons. The second-order valence-electron chi connectivity index (χ2n) is 38.1. The Kier molecular flexibility index (Phi) is 39.7. The number of carboxylic acids is 4. The van der Waals surface area contributed by atoms with Crippen LogP contribution in [0.15, 0.2) is 239 Å². The average Bonchev–Trinajstić information content (AvgIpc) is 1.33. The second kappa shape index (κ2) is 53.6. The number of aryl methyl sites for hydroxylation is 1. The lowest BCUT2D eigenvalue weighted by molar-refractivity contribution is -0.141. The molecule has 0 aliphatic carbocycles. The molecule has 16 N–H and O–H groups in total. The van der Waals surface area contributed by atoms with Crippen molar-refractivity contribution in [1.82, 2.24) is 51.3 Å². The highest BCUT2D eigenvalue weighted by atomic mass is 35.5. The molecule has 0 bridgehead atoms. The maximum Gasteiger partial charge on any atom is 0.417 e. The fourth-order valence-electron chi connectivity index (χ4n) is 19.2. The number of ether oxygens (including phenoxy) is 4. The van der Waals surface area contributed by atoms with Gasteiger partial charge >= 0.3 is 30.1 Å². The molecule has 12 aromatic rings. The van der Waals surface area contributed by atoms with Crippen molar-refractivity contribution in [3.63, 3.8) is 0 Å². The molecule has 3 aromatic heterocycles. The predicted molar refractivity (Wildman–Crippen MR) is 572 cm³/mol. The van der Waals surface area contributed by atoms with E-state index in [0.29, 0.717) is 59.0 Å². The highest BCUT2D eigenvalue weighted by molar-refractivity contribution is 6.43. The summed E-state index contributed by atoms with van der Waals surface area (Å²) in [5.74, 6) is -2.23. The van der Waals surface area contributed by atoms with E-state index in [2.05, 4.69) is 52.2 Å². The summed E-state index contributed by atoms with van der Waals surface area (Å²) in [5.41, 5.74) is 18.2. The highest BCUT2D eigenvalue weighted by Crippen LogP contribution is 2.41. The third kappa shape index (κ3) is 30.0. The minimum atomic E-state index is -4.76. The normalized spacial score (nSPS) is 15.8. The zero-order valence-electron chi connectivity index (χ0n) is 83.8. The summed E-state index contributed by atoms with van der Waals surface area (Å²) in [7, 11) is 2.89. The van der Waals surface area contributed by atoms with Gasteiger partial charge in [-0.1, -0.05) is 182 Å². The molecular weight excluding hydrogens is 1970 g/mol. The number of methoxy groups -OCH3 is 1. The fourth-order valence-corrected chi connectivity index (χ4v) is 19.8. The van der Waals surface area contributed by atoms with Gasteiger partial charge in [-0.3, -0.25) is 24.0 Å². The van der Waals surface area contributed by atoms with Gasteiger partial charge in [0.05, 0.1) is 75.3 Å². The number of para-hydroxylation sites is 5. The molecule has 4 amide bonds. The smallest absolute Gasteiger partial charge is 0.417 e. The lowest BCUT2D eigenvalue weighted by atomic mass is 9.93. The van der Waals surface area contributed by atoms with E-state index in [1.165, 1.54) is 122 Å². The minimum Gasteiger partial charge on any atom is -0.494 e. The fraction of sp³-hybridized carbons (Fsp3) is 0.360. The number of carbonyl (C=O) groups is 8. The first-order valence-corrected chi connectivity index (χ1v) is 51.4. The van der Waals surface area contributed by atoms with E-state index in [1.807, 2.05) is 133 Å². The number of carboxylic acid groups (broad SMARTS) is 4. The van der Waals surface area contributed by atoms with E-state index in [-0.39, 0.29) is 69.8 Å². The molecule has 0 saturated carbocycles. The van der Waals surface area contributed by atoms with E-state index in [4.69, 9.17) is 53.6 Å². The molecule has 36 heteroatoms. The quantitative estimate of drug-likeness (QED) is 0.0158. The van der Waals surface area contributed by atoms with Crippen LogP contribution in [0.1, 0.15) is 174 Å². The largest absolute Gasteiger partial charge is 0.494 e. The number of amides is 4. The van der Waals surface area contributed by atoms with E-state index < -0.39 is 107 Å². The van der Waals surface area contributed by atoms with Crippen LogP contribution in [0.3, 0.4) is 0 Å². The van der Waals surface area contributed by atoms with Gasteiger partial charge in [0.25, 0.3) is 29.2 Å². The van der Waals surface area contributed by atoms with Crippen LogP contribution in [-0.4, -0.2) is 184 Å². The number of nitrogens with one attached hydrogen (secondary N) is 8. The first-order chi connectivity index (χ1) is 72.3. The number of aromatic nitrogens is 3. The molecule has 3 fully saturated rings. The van der Waals surface area contributed by atoms with Crippen molar-refractivity contribution < 1.29 is 90.9 Å². The second-order valence-corrected chi connectivity index (χ2v) is 38.9. The molecule has 17 rings (SSSR count). The van der Waals surface area contributed by atoms with Gasteiger partial charge in [0.15, 0.2) is 0 Å². The first kappa shape index (κ1) is 111. The number of nitrogen functional groups attached to an aromatic ring is 1. The Morgan fingerprint density at radius 3 is 1.31 bits per heavy atom. The number of pyridine rings is 1. The SMILES string of the molecule is COC1C(C(=O)N[C@@H](Cc2ccc(OCCCCC3CCNCC3)cc2)C(=O)O)=Nc2ccccc21.Cc1cc(C(F)(F)F)c(-c2ccc(CC(NC(=O)c3cc4ccccc4n3-c3c(Cl)cccc3Cl)C(=O)O)cc2)c(=O)n1C.NC1C(C(=O)N[C@@H](Cc2ccc(OCCCCC3CCNCC3)cc2)C(=O)O)=Nc2ccccc21.Nc1c(C(=O)N[C@@H](Cc2ccc(OCCCCC3CCNCC3)cc2)C(=O)O)[nH]c2ccccc12. The summed E-state index contributed by atoms with van der Waals surface area (Å²) in [5, 5.41) is 61.5. The maximum absolute atomic E-state index is 13.8. The summed E-state index contributed by atoms with van der Waals surface area (Å²) in [6, 6.07) is 58.7. The third-order valence-corrected chi connectivity index (χ3v) is 28.3. The molecule has 3 saturated heterocycles. The zero-order valence-corrected chi connectivity index (χ0v) is 85.3. The Bertz CT molecular complexity index is 6800. The predicted octanol–water partition coefficient (Wildman–Crippen LogP) is 17.7. The van der Waals surface area contributed by atoms with Gasteiger partial charge in [-0.15, -0.1) is 0 Å². The Morgan fingerprint density at radius 2 is 0.873 bits per heavy atom. The summed E-state index contributed by atoms with van der Waals surface area (Å²) in [4.78, 5) is 124. The van der Waals surface area contributed by atoms with Crippen molar-refractivity contribution in [3.05, 3.63) is 301 Å². The van der Waals surface area contributed by atoms with Gasteiger partial charge in [-0.25, -0.2) is 29.2 Å². The van der Waals surface area contributed by atoms with Crippen LogP contribution in [0.4, 0.5) is 30.2 Å². The van der Waals surface area contributed by atoms with Crippen LogP contribution < -0.4 is 68.5 Å². The van der Waals surface area contributed by atoms with Gasteiger partial charge in [0.1, 0.15) is 70.3 Å². The number of aliphatic imine (C=N–C) groups is 2. The van der Waals surface area contributed by atoms with Crippen molar-refractivity contribution in [1.29, 1.82) is 0 Å². The molecule has 31 nitrogen and oxygen atoms in total. The summed E-state index contributed by atoms with van der Waals surface area (Å²) >= 11 is 12.9. The van der Waals surface area contributed by atoms with Crippen molar-refractivity contribution >= 4 is 121 Å². The number of hydrogen-bond acceptors (Lipinski definition) is 20. The number of benzene rings is 9. The molecule has 0 spiro atoms. The number of nitrogens with zero attached hydrogens (tertiary/aromatic N) is 4. The first-order valence-electron chi connectivity index (χ1n) is 50.7. The van der Waals surface area contributed by atoms with E-state index in [9.17, 15) is 76.7 Å². The summed E-state index contributed by atoms with van der Waals surface area (Å²) in [6.07, 6.45) is 12.9. The molecule has 5 aliphatic rings. The van der Waals surface area contributed by atoms with Gasteiger partial charge < -0.3 is 102 Å². The topological polar surface area (TPSA) is 458 Å². The average molecular weight is 2090 g/mol. The highest BCUT2D eigenvalue weighted by Gasteiger charge is 2.39. The number of alkyl halides is 3. The van der Waals surface area contributed by atoms with E-state index in [1.54, 1.807) is 65.2 Å². The van der Waals surface area contributed by atoms with Gasteiger partial charge in [0, 0.05) is 73.0 Å². The summed E-state index contributed by atoms with van der Waals surface area (Å²) < 4.78 is 67.1. The lowest BCUT2D eigenvalue weighted by Gasteiger charge is -2.22. The number of aliphatic carboxylic acids is 4. The van der Waals surface area contributed by atoms with Crippen LogP contribution in [0.25, 0.3) is 38.6 Å². The van der Waals surface area contributed by atoms with Crippen molar-refractivity contribution in [3.8, 4) is 34.1 Å². The Labute approximate surface area is 876 Å². The Hall–Kier alpha value is -14.5. The Balaban J connectivity index is 0.000000158. The molecule has 6 atom stereocenters. The third-order valence-electron chi connectivity index (χ3n) is 27.7. The minimum absolute atomic E-state index is 0.0266. The van der Waals surface area contributed by atoms with E-state index in [0.717, 1.165) is 143 Å². The standard InChI is InChI=1S/C32H24Cl2F3N3O4.C28H35N3O5.2C27H34N4O4/c1-17-14-21(32(35,36)37)27(30(42)39(17)2)19-12-10-18(11-13-19)15-24(31(43)44)38-29(41)26-16-20-6-3-4-9-25(20)40(26)28-22(33)7-5-8-23(28)34;1-35-26-22-7-2-3-8-23(22)30-25(26)27(32)31-24(28(33)34)18-20-9-11-21(12-10-20)36-17-5-4-6-19-13-15-29-16-14-19;2*28-24-21-6-1-2-7-22(21)30-25(24)26(32)31-23(27(33)34)17-19-8-10-20(11-9-19)35-16-4-3-5-18-12-14-29-15-13-18/h3-14,16,24H,15H2,1-2H3,(H,38,41)(H,43,44);2-3,7-12,19,24,26,29H,4-6,13-18H2,1H3,(H,31,32)(H,33,34);1-2,6-11,18,23,29-30H,3-5,12-17,28H2,(H,31,32)(H,33,34);1-2,6-11,18,23-24,29H,3-5,12-17,28H2,(H,31,32)(H,33,34)/t;24-,26?;23-;23-,24?/m.000/s1. The van der Waals surface area contributed by atoms with Crippen LogP contribution in [0.5, 0.6) is 17.2 Å². The van der Waals surface area contributed by atoms with Crippen LogP contribution in [0, 0.1) is 24.7 Å². The van der Waals surface area contributed by atoms with Crippen molar-refractivity contribution in [2.24, 2.45) is 40.5 Å². The number of halogens is 5. The number of anilines is 1. The summed E-state index contributed by atoms with van der Waals surface area (Å²) in [6.45, 7) is 10.2. The molecule has 3 unspecified atom stereocenters.